The number of allylic oxidation sites excluding steroid dienone is 2. The summed E-state index contributed by atoms with van der Waals surface area (Å²) in [6.45, 7) is 2.44. The fourth-order valence-electron chi connectivity index (χ4n) is 1.39. The number of aliphatic hydroxyl groups excluding tert-OH is 1. The Hall–Kier alpha value is -1.08. The van der Waals surface area contributed by atoms with E-state index in [0.29, 0.717) is 6.61 Å². The van der Waals surface area contributed by atoms with Crippen LogP contribution in [0.1, 0.15) is 31.7 Å². The first-order valence-electron chi connectivity index (χ1n) is 5.17. The Morgan fingerprint density at radius 3 is 2.57 bits per heavy atom. The lowest BCUT2D eigenvalue weighted by molar-refractivity contribution is 0.285. The van der Waals surface area contributed by atoms with Gasteiger partial charge in [0.2, 0.25) is 0 Å². The van der Waals surface area contributed by atoms with Crippen LogP contribution >= 0.6 is 0 Å². The van der Waals surface area contributed by atoms with E-state index in [2.05, 4.69) is 37.3 Å². The zero-order valence-corrected chi connectivity index (χ0v) is 8.74. The second kappa shape index (κ2) is 6.39. The fraction of sp³-hybridized carbons (Fsp3) is 0.385. The number of hydrogen-bond acceptors (Lipinski definition) is 1. The molecule has 1 aromatic rings. The van der Waals surface area contributed by atoms with Crippen LogP contribution in [0.15, 0.2) is 36.4 Å². The van der Waals surface area contributed by atoms with Gasteiger partial charge in [-0.05, 0) is 37.3 Å². The monoisotopic (exact) mass is 190 g/mol. The van der Waals surface area contributed by atoms with Gasteiger partial charge in [-0.1, -0.05) is 36.4 Å². The van der Waals surface area contributed by atoms with Crippen LogP contribution in [0.3, 0.4) is 0 Å². The van der Waals surface area contributed by atoms with E-state index in [1.54, 1.807) is 0 Å². The van der Waals surface area contributed by atoms with Crippen LogP contribution in [0.25, 0.3) is 5.57 Å². The standard InChI is InChI=1S/C13H18O/c1-12(8-4-3-7-11-14)13-9-5-2-6-10-13/h2,5-6,8-10,14H,3-4,7,11H2,1H3. The van der Waals surface area contributed by atoms with Crippen molar-refractivity contribution in [2.75, 3.05) is 6.61 Å². The van der Waals surface area contributed by atoms with Crippen molar-refractivity contribution in [1.82, 2.24) is 0 Å². The van der Waals surface area contributed by atoms with Crippen molar-refractivity contribution >= 4 is 5.57 Å². The summed E-state index contributed by atoms with van der Waals surface area (Å²) in [5.41, 5.74) is 2.61. The Labute approximate surface area is 86.1 Å². The molecule has 0 heterocycles. The first-order valence-corrected chi connectivity index (χ1v) is 5.17. The van der Waals surface area contributed by atoms with Crippen molar-refractivity contribution < 1.29 is 5.11 Å². The molecule has 0 amide bonds. The lowest BCUT2D eigenvalue weighted by Crippen LogP contribution is -1.82. The molecule has 0 saturated heterocycles. The molecule has 0 aromatic heterocycles. The highest BCUT2D eigenvalue weighted by Gasteiger charge is 1.92. The van der Waals surface area contributed by atoms with E-state index < -0.39 is 0 Å². The van der Waals surface area contributed by atoms with Crippen molar-refractivity contribution in [3.63, 3.8) is 0 Å². The molecule has 14 heavy (non-hydrogen) atoms. The highest BCUT2D eigenvalue weighted by atomic mass is 16.2. The maximum Gasteiger partial charge on any atom is 0.0431 e. The highest BCUT2D eigenvalue weighted by molar-refractivity contribution is 5.63. The molecule has 0 bridgehead atoms. The molecule has 0 spiro atoms. The van der Waals surface area contributed by atoms with Gasteiger partial charge in [-0.15, -0.1) is 0 Å². The van der Waals surface area contributed by atoms with Gasteiger partial charge in [0.25, 0.3) is 0 Å². The molecule has 0 atom stereocenters. The molecular formula is C13H18O. The zero-order chi connectivity index (χ0) is 10.2. The summed E-state index contributed by atoms with van der Waals surface area (Å²) in [4.78, 5) is 0. The van der Waals surface area contributed by atoms with Crippen molar-refractivity contribution in [2.45, 2.75) is 26.2 Å². The van der Waals surface area contributed by atoms with Crippen molar-refractivity contribution in [2.24, 2.45) is 0 Å². The quantitative estimate of drug-likeness (QED) is 0.707. The lowest BCUT2D eigenvalue weighted by Gasteiger charge is -2.00. The van der Waals surface area contributed by atoms with E-state index in [0.717, 1.165) is 19.3 Å². The predicted molar refractivity (Wildman–Crippen MR) is 61.0 cm³/mol. The van der Waals surface area contributed by atoms with Crippen LogP contribution in [-0.4, -0.2) is 11.7 Å². The van der Waals surface area contributed by atoms with E-state index in [9.17, 15) is 0 Å². The number of unbranched alkanes of at least 4 members (excludes halogenated alkanes) is 2. The summed E-state index contributed by atoms with van der Waals surface area (Å²) in [5, 5.41) is 8.63. The van der Waals surface area contributed by atoms with Gasteiger partial charge in [-0.2, -0.15) is 0 Å². The van der Waals surface area contributed by atoms with Crippen LogP contribution in [-0.2, 0) is 0 Å². The highest BCUT2D eigenvalue weighted by Crippen LogP contribution is 2.14. The molecule has 1 N–H and O–H groups in total. The van der Waals surface area contributed by atoms with Crippen LogP contribution in [0.2, 0.25) is 0 Å². The molecule has 1 aromatic carbocycles. The van der Waals surface area contributed by atoms with Gasteiger partial charge < -0.3 is 5.11 Å². The Bertz CT molecular complexity index is 275. The first-order chi connectivity index (χ1) is 6.84. The minimum absolute atomic E-state index is 0.304. The van der Waals surface area contributed by atoms with Gasteiger partial charge in [0, 0.05) is 6.61 Å². The van der Waals surface area contributed by atoms with Gasteiger partial charge in [0.05, 0.1) is 0 Å². The Morgan fingerprint density at radius 2 is 1.93 bits per heavy atom. The molecule has 0 aliphatic heterocycles. The van der Waals surface area contributed by atoms with Gasteiger partial charge in [-0.3, -0.25) is 0 Å². The predicted octanol–water partition coefficient (Wildman–Crippen LogP) is 3.25. The third-order valence-corrected chi connectivity index (χ3v) is 2.29. The average Bonchev–Trinajstić information content (AvgIpc) is 2.25. The lowest BCUT2D eigenvalue weighted by atomic mass is 10.1. The fourth-order valence-corrected chi connectivity index (χ4v) is 1.39. The second-order valence-electron chi connectivity index (χ2n) is 3.47. The first kappa shape index (κ1) is 11.0. The molecule has 1 heteroatoms. The Kier molecular flexibility index (Phi) is 5.02. The minimum Gasteiger partial charge on any atom is -0.396 e. The minimum atomic E-state index is 0.304. The van der Waals surface area contributed by atoms with Crippen LogP contribution in [0.4, 0.5) is 0 Å². The van der Waals surface area contributed by atoms with Crippen molar-refractivity contribution in [3.8, 4) is 0 Å². The summed E-state index contributed by atoms with van der Waals surface area (Å²) in [7, 11) is 0. The summed E-state index contributed by atoms with van der Waals surface area (Å²) >= 11 is 0. The molecule has 0 unspecified atom stereocenters. The molecule has 0 aliphatic rings. The van der Waals surface area contributed by atoms with Gasteiger partial charge in [0.15, 0.2) is 0 Å². The topological polar surface area (TPSA) is 20.2 Å². The maximum absolute atomic E-state index is 8.63. The average molecular weight is 190 g/mol. The summed E-state index contributed by atoms with van der Waals surface area (Å²) in [5.74, 6) is 0. The molecule has 1 nitrogen and oxygen atoms in total. The summed E-state index contributed by atoms with van der Waals surface area (Å²) < 4.78 is 0. The largest absolute Gasteiger partial charge is 0.396 e. The smallest absolute Gasteiger partial charge is 0.0431 e. The molecule has 76 valence electrons. The molecule has 0 radical (unpaired) electrons. The third-order valence-electron chi connectivity index (χ3n) is 2.29. The zero-order valence-electron chi connectivity index (χ0n) is 8.74. The third kappa shape index (κ3) is 3.75. The Balaban J connectivity index is 2.44. The normalized spacial score (nSPS) is 11.7. The molecule has 1 rings (SSSR count). The number of aliphatic hydroxyl groups is 1. The molecular weight excluding hydrogens is 172 g/mol. The molecule has 0 saturated carbocycles. The SMILES string of the molecule is CC(=CCCCCO)c1ccccc1. The number of benzene rings is 1. The van der Waals surface area contributed by atoms with E-state index in [-0.39, 0.29) is 0 Å². The Morgan fingerprint density at radius 1 is 1.21 bits per heavy atom. The van der Waals surface area contributed by atoms with Crippen LogP contribution in [0, 0.1) is 0 Å². The van der Waals surface area contributed by atoms with Crippen molar-refractivity contribution in [3.05, 3.63) is 42.0 Å². The summed E-state index contributed by atoms with van der Waals surface area (Å²) in [6.07, 6.45) is 5.27. The molecule has 0 aliphatic carbocycles. The van der Waals surface area contributed by atoms with E-state index in [1.165, 1.54) is 11.1 Å². The maximum atomic E-state index is 8.63. The molecule has 0 fully saturated rings. The van der Waals surface area contributed by atoms with Crippen LogP contribution in [0.5, 0.6) is 0 Å². The van der Waals surface area contributed by atoms with Gasteiger partial charge in [-0.25, -0.2) is 0 Å². The number of hydrogen-bond donors (Lipinski definition) is 1. The van der Waals surface area contributed by atoms with Crippen molar-refractivity contribution in [1.29, 1.82) is 0 Å². The summed E-state index contributed by atoms with van der Waals surface area (Å²) in [6, 6.07) is 10.4. The van der Waals surface area contributed by atoms with Crippen LogP contribution < -0.4 is 0 Å². The van der Waals surface area contributed by atoms with Gasteiger partial charge in [0.1, 0.15) is 0 Å². The number of rotatable bonds is 5. The van der Waals surface area contributed by atoms with E-state index in [1.807, 2.05) is 6.07 Å². The van der Waals surface area contributed by atoms with E-state index >= 15 is 0 Å². The van der Waals surface area contributed by atoms with Gasteiger partial charge >= 0.3 is 0 Å². The second-order valence-corrected chi connectivity index (χ2v) is 3.47. The van der Waals surface area contributed by atoms with E-state index in [4.69, 9.17) is 5.11 Å².